The van der Waals surface area contributed by atoms with Gasteiger partial charge in [0.1, 0.15) is 0 Å². The third kappa shape index (κ3) is 5.88. The lowest BCUT2D eigenvalue weighted by Crippen LogP contribution is -2.35. The quantitative estimate of drug-likeness (QED) is 0.535. The van der Waals surface area contributed by atoms with Crippen LogP contribution in [0.3, 0.4) is 0 Å². The second-order valence-electron chi connectivity index (χ2n) is 8.65. The average molecular weight is 430 g/mol. The summed E-state index contributed by atoms with van der Waals surface area (Å²) in [4.78, 5) is 27.2. The fourth-order valence-electron chi connectivity index (χ4n) is 4.30. The highest BCUT2D eigenvalue weighted by atomic mass is 16.2. The molecule has 0 aromatic heterocycles. The molecule has 1 aliphatic heterocycles. The zero-order valence-electron chi connectivity index (χ0n) is 18.6. The molecule has 3 aromatic rings. The van der Waals surface area contributed by atoms with Crippen LogP contribution in [0, 0.1) is 0 Å². The lowest BCUT2D eigenvalue weighted by Gasteiger charge is -2.19. The van der Waals surface area contributed by atoms with Crippen LogP contribution in [0.1, 0.15) is 38.2 Å². The van der Waals surface area contributed by atoms with E-state index in [2.05, 4.69) is 51.9 Å². The van der Waals surface area contributed by atoms with Crippen LogP contribution in [0.15, 0.2) is 66.7 Å². The number of hydrogen-bond acceptors (Lipinski definition) is 3. The number of carbonyl (C=O) groups is 2. The summed E-state index contributed by atoms with van der Waals surface area (Å²) in [6.45, 7) is 4.01. The van der Waals surface area contributed by atoms with Gasteiger partial charge >= 0.3 is 0 Å². The fourth-order valence-corrected chi connectivity index (χ4v) is 4.30. The number of anilines is 2. The molecule has 1 unspecified atom stereocenters. The fraction of sp³-hybridized carbons (Fsp3) is 0.333. The van der Waals surface area contributed by atoms with Gasteiger partial charge in [0.15, 0.2) is 0 Å². The Hall–Kier alpha value is -3.34. The van der Waals surface area contributed by atoms with Gasteiger partial charge in [0.25, 0.3) is 0 Å². The number of carbonyl (C=O) groups excluding carboxylic acids is 2. The summed E-state index contributed by atoms with van der Waals surface area (Å²) in [5.41, 5.74) is 3.09. The third-order valence-corrected chi connectivity index (χ3v) is 5.95. The highest BCUT2D eigenvalue weighted by Gasteiger charge is 2.15. The Morgan fingerprint density at radius 3 is 2.50 bits per heavy atom. The van der Waals surface area contributed by atoms with E-state index < -0.39 is 0 Å². The van der Waals surface area contributed by atoms with Gasteiger partial charge < -0.3 is 15.5 Å². The van der Waals surface area contributed by atoms with Crippen LogP contribution in [0.5, 0.6) is 0 Å². The molecule has 0 bridgehead atoms. The average Bonchev–Trinajstić information content (AvgIpc) is 3.32. The van der Waals surface area contributed by atoms with Crippen molar-refractivity contribution in [1.82, 2.24) is 5.32 Å². The van der Waals surface area contributed by atoms with Crippen LogP contribution >= 0.6 is 0 Å². The number of aryl methyl sites for hydroxylation is 1. The van der Waals surface area contributed by atoms with Crippen molar-refractivity contribution in [3.63, 3.8) is 0 Å². The summed E-state index contributed by atoms with van der Waals surface area (Å²) in [5.74, 6) is -0.125. The molecule has 1 aliphatic rings. The number of hydrogen-bond donors (Lipinski definition) is 2. The Labute approximate surface area is 189 Å². The first-order valence-electron chi connectivity index (χ1n) is 11.5. The molecule has 0 radical (unpaired) electrons. The van der Waals surface area contributed by atoms with Crippen LogP contribution in [-0.2, 0) is 16.0 Å². The molecule has 1 saturated heterocycles. The van der Waals surface area contributed by atoms with Gasteiger partial charge in [-0.2, -0.15) is 0 Å². The highest BCUT2D eigenvalue weighted by molar-refractivity contribution is 5.92. The molecule has 0 spiro atoms. The van der Waals surface area contributed by atoms with Crippen molar-refractivity contribution in [2.24, 2.45) is 0 Å². The smallest absolute Gasteiger partial charge is 0.226 e. The van der Waals surface area contributed by atoms with Crippen LogP contribution in [-0.4, -0.2) is 30.9 Å². The Morgan fingerprint density at radius 1 is 0.906 bits per heavy atom. The minimum atomic E-state index is -0.221. The van der Waals surface area contributed by atoms with Crippen molar-refractivity contribution in [2.75, 3.05) is 23.3 Å². The number of fused-ring (bicyclic) bond motifs is 1. The molecule has 5 heteroatoms. The molecule has 1 fully saturated rings. The summed E-state index contributed by atoms with van der Waals surface area (Å²) in [6.07, 6.45) is 3.76. The van der Waals surface area contributed by atoms with Gasteiger partial charge in [-0.15, -0.1) is 0 Å². The summed E-state index contributed by atoms with van der Waals surface area (Å²) >= 11 is 0. The van der Waals surface area contributed by atoms with E-state index in [1.165, 1.54) is 23.6 Å². The third-order valence-electron chi connectivity index (χ3n) is 5.95. The Bertz CT molecular complexity index is 1090. The van der Waals surface area contributed by atoms with Gasteiger partial charge in [0.2, 0.25) is 11.8 Å². The predicted octanol–water partition coefficient (Wildman–Crippen LogP) is 4.91. The monoisotopic (exact) mass is 429 g/mol. The second-order valence-corrected chi connectivity index (χ2v) is 8.65. The van der Waals surface area contributed by atoms with Crippen molar-refractivity contribution < 1.29 is 9.59 Å². The Kier molecular flexibility index (Phi) is 7.05. The van der Waals surface area contributed by atoms with Crippen LogP contribution in [0.4, 0.5) is 11.4 Å². The molecule has 1 heterocycles. The molecule has 0 aliphatic carbocycles. The van der Waals surface area contributed by atoms with Gasteiger partial charge in [-0.3, -0.25) is 9.59 Å². The maximum atomic E-state index is 12.5. The summed E-state index contributed by atoms with van der Waals surface area (Å²) in [7, 11) is 0. The van der Waals surface area contributed by atoms with Crippen LogP contribution in [0.2, 0.25) is 0 Å². The molecular formula is C27H31N3O2. The van der Waals surface area contributed by atoms with Crippen LogP contribution < -0.4 is 15.5 Å². The van der Waals surface area contributed by atoms with Gasteiger partial charge in [-0.1, -0.05) is 48.5 Å². The molecule has 5 nitrogen and oxygen atoms in total. The van der Waals surface area contributed by atoms with Crippen molar-refractivity contribution in [3.8, 4) is 0 Å². The zero-order valence-corrected chi connectivity index (χ0v) is 18.6. The number of rotatable bonds is 8. The van der Waals surface area contributed by atoms with Crippen molar-refractivity contribution in [2.45, 2.75) is 45.1 Å². The number of nitrogens with one attached hydrogen (secondary N) is 2. The van der Waals surface area contributed by atoms with Gasteiger partial charge in [0, 0.05) is 43.3 Å². The van der Waals surface area contributed by atoms with E-state index in [0.29, 0.717) is 12.8 Å². The van der Waals surface area contributed by atoms with E-state index in [1.54, 1.807) is 0 Å². The van der Waals surface area contributed by atoms with E-state index in [-0.39, 0.29) is 24.3 Å². The minimum Gasteiger partial charge on any atom is -0.371 e. The molecule has 2 N–H and O–H groups in total. The van der Waals surface area contributed by atoms with Gasteiger partial charge in [0.05, 0.1) is 0 Å². The van der Waals surface area contributed by atoms with E-state index in [1.807, 2.05) is 37.3 Å². The summed E-state index contributed by atoms with van der Waals surface area (Å²) in [5, 5.41) is 8.30. The molecule has 2 amide bonds. The predicted molar refractivity (Wildman–Crippen MR) is 131 cm³/mol. The maximum Gasteiger partial charge on any atom is 0.226 e. The lowest BCUT2D eigenvalue weighted by molar-refractivity contribution is -0.122. The van der Waals surface area contributed by atoms with Gasteiger partial charge in [-0.25, -0.2) is 0 Å². The normalized spacial score (nSPS) is 14.3. The Balaban J connectivity index is 1.23. The minimum absolute atomic E-state index is 0.0329. The van der Waals surface area contributed by atoms with E-state index in [4.69, 9.17) is 0 Å². The van der Waals surface area contributed by atoms with Crippen molar-refractivity contribution in [1.29, 1.82) is 0 Å². The van der Waals surface area contributed by atoms with Crippen molar-refractivity contribution >= 4 is 34.0 Å². The van der Waals surface area contributed by atoms with E-state index in [0.717, 1.165) is 30.0 Å². The molecule has 0 saturated carbocycles. The summed E-state index contributed by atoms with van der Waals surface area (Å²) < 4.78 is 0. The highest BCUT2D eigenvalue weighted by Crippen LogP contribution is 2.23. The second kappa shape index (κ2) is 10.3. The molecule has 1 atom stereocenters. The Morgan fingerprint density at radius 2 is 1.69 bits per heavy atom. The van der Waals surface area contributed by atoms with Crippen LogP contribution in [0.25, 0.3) is 10.8 Å². The largest absolute Gasteiger partial charge is 0.371 e. The number of benzene rings is 3. The van der Waals surface area contributed by atoms with E-state index >= 15 is 0 Å². The van der Waals surface area contributed by atoms with E-state index in [9.17, 15) is 9.59 Å². The lowest BCUT2D eigenvalue weighted by atomic mass is 10.0. The maximum absolute atomic E-state index is 12.5. The van der Waals surface area contributed by atoms with Crippen molar-refractivity contribution in [3.05, 3.63) is 72.3 Å². The number of nitrogens with zero attached hydrogens (tertiary/aromatic N) is 1. The first-order valence-corrected chi connectivity index (χ1v) is 11.5. The molecule has 166 valence electrons. The first kappa shape index (κ1) is 21.9. The standard InChI is InChI=1S/C27H31N3O2/c1-20(17-27(32)29-24-9-6-10-25(19-24)30-15-4-5-16-30)28-26(31)14-12-21-11-13-22-7-2-3-8-23(22)18-21/h2-3,6-11,13,18-20H,4-5,12,14-17H2,1H3,(H,28,31)(H,29,32). The molecule has 3 aromatic carbocycles. The topological polar surface area (TPSA) is 61.4 Å². The molecular weight excluding hydrogens is 398 g/mol. The summed E-state index contributed by atoms with van der Waals surface area (Å²) in [6, 6.07) is 22.3. The zero-order chi connectivity index (χ0) is 22.3. The first-order chi connectivity index (χ1) is 15.6. The van der Waals surface area contributed by atoms with Gasteiger partial charge in [-0.05, 0) is 60.7 Å². The SMILES string of the molecule is CC(CC(=O)Nc1cccc(N2CCCC2)c1)NC(=O)CCc1ccc2ccccc2c1. The molecule has 4 rings (SSSR count). The number of amides is 2. The molecule has 32 heavy (non-hydrogen) atoms.